The second-order valence-electron chi connectivity index (χ2n) is 7.14. The zero-order valence-corrected chi connectivity index (χ0v) is 15.5. The highest BCUT2D eigenvalue weighted by atomic mass is 16.6. The number of ether oxygens (including phenoxy) is 2. The van der Waals surface area contributed by atoms with Crippen molar-refractivity contribution >= 4 is 6.09 Å². The minimum atomic E-state index is -0.491. The quantitative estimate of drug-likeness (QED) is 0.910. The topological polar surface area (TPSA) is 64.8 Å². The van der Waals surface area contributed by atoms with Crippen LogP contribution in [0.5, 0.6) is 5.75 Å². The number of carbonyl (C=O) groups excluding carboxylic acids is 1. The molecule has 1 unspecified atom stereocenters. The summed E-state index contributed by atoms with van der Waals surface area (Å²) < 4.78 is 11.3. The van der Waals surface area contributed by atoms with Crippen LogP contribution in [-0.2, 0) is 17.7 Å². The van der Waals surface area contributed by atoms with Gasteiger partial charge in [0.25, 0.3) is 0 Å². The van der Waals surface area contributed by atoms with Gasteiger partial charge in [-0.3, -0.25) is 0 Å². The van der Waals surface area contributed by atoms with E-state index in [-0.39, 0.29) is 12.1 Å². The van der Waals surface area contributed by atoms with Crippen LogP contribution in [0.1, 0.15) is 63.8 Å². The Morgan fingerprint density at radius 3 is 2.58 bits per heavy atom. The summed E-state index contributed by atoms with van der Waals surface area (Å²) in [6, 6.07) is 4.20. The standard InChI is InChI=1S/C19H30N2O3/c1-6-16-15-11-17(23-7-2)14(12-20)10-13(15)8-9-21(16)18(22)24-19(3,4)5/h10-11,16H,6-9,12,20H2,1-5H3. The molecule has 2 rings (SSSR count). The summed E-state index contributed by atoms with van der Waals surface area (Å²) in [5, 5.41) is 0. The van der Waals surface area contributed by atoms with Crippen molar-refractivity contribution in [1.82, 2.24) is 4.90 Å². The van der Waals surface area contributed by atoms with Gasteiger partial charge in [0, 0.05) is 18.7 Å². The summed E-state index contributed by atoms with van der Waals surface area (Å²) in [6.45, 7) is 11.4. The van der Waals surface area contributed by atoms with Crippen molar-refractivity contribution in [3.05, 3.63) is 28.8 Å². The van der Waals surface area contributed by atoms with Gasteiger partial charge in [0.05, 0.1) is 12.6 Å². The molecular weight excluding hydrogens is 304 g/mol. The van der Waals surface area contributed by atoms with Crippen LogP contribution < -0.4 is 10.5 Å². The molecule has 0 spiro atoms. The maximum Gasteiger partial charge on any atom is 0.410 e. The van der Waals surface area contributed by atoms with E-state index in [4.69, 9.17) is 15.2 Å². The lowest BCUT2D eigenvalue weighted by Crippen LogP contribution is -2.43. The van der Waals surface area contributed by atoms with Crippen molar-refractivity contribution in [2.24, 2.45) is 5.73 Å². The lowest BCUT2D eigenvalue weighted by molar-refractivity contribution is 0.0136. The van der Waals surface area contributed by atoms with Crippen molar-refractivity contribution in [1.29, 1.82) is 0 Å². The van der Waals surface area contributed by atoms with Gasteiger partial charge in [0.1, 0.15) is 11.4 Å². The number of hydrogen-bond acceptors (Lipinski definition) is 4. The molecule has 1 atom stereocenters. The molecule has 1 aromatic rings. The maximum absolute atomic E-state index is 12.6. The summed E-state index contributed by atoms with van der Waals surface area (Å²) in [7, 11) is 0. The second kappa shape index (κ2) is 7.43. The van der Waals surface area contributed by atoms with E-state index < -0.39 is 5.60 Å². The molecular formula is C19H30N2O3. The SMILES string of the molecule is CCOc1cc2c(cc1CN)CCN(C(=O)OC(C)(C)C)C2CC. The minimum absolute atomic E-state index is 0.00892. The molecule has 1 aliphatic heterocycles. The Bertz CT molecular complexity index is 593. The number of benzene rings is 1. The van der Waals surface area contributed by atoms with Crippen LogP contribution in [0, 0.1) is 0 Å². The van der Waals surface area contributed by atoms with Gasteiger partial charge in [-0.25, -0.2) is 4.79 Å². The van der Waals surface area contributed by atoms with Crippen LogP contribution in [0.4, 0.5) is 4.79 Å². The first-order chi connectivity index (χ1) is 11.3. The number of nitrogens with zero attached hydrogens (tertiary/aromatic N) is 1. The Labute approximate surface area is 145 Å². The third kappa shape index (κ3) is 4.01. The molecule has 0 fully saturated rings. The summed E-state index contributed by atoms with van der Waals surface area (Å²) >= 11 is 0. The predicted octanol–water partition coefficient (Wildman–Crippen LogP) is 3.79. The Morgan fingerprint density at radius 2 is 2.04 bits per heavy atom. The Balaban J connectivity index is 2.36. The number of amides is 1. The highest BCUT2D eigenvalue weighted by Crippen LogP contribution is 2.37. The molecule has 0 saturated heterocycles. The lowest BCUT2D eigenvalue weighted by atomic mass is 9.89. The fourth-order valence-corrected chi connectivity index (χ4v) is 3.21. The molecule has 0 radical (unpaired) electrons. The Kier molecular flexibility index (Phi) is 5.75. The van der Waals surface area contributed by atoms with Crippen LogP contribution >= 0.6 is 0 Å². The normalized spacial score (nSPS) is 17.4. The van der Waals surface area contributed by atoms with Gasteiger partial charge in [0.15, 0.2) is 0 Å². The summed E-state index contributed by atoms with van der Waals surface area (Å²) in [6.07, 6.45) is 1.39. The van der Waals surface area contributed by atoms with E-state index in [0.29, 0.717) is 19.7 Å². The number of hydrogen-bond donors (Lipinski definition) is 1. The van der Waals surface area contributed by atoms with Gasteiger partial charge in [-0.2, -0.15) is 0 Å². The van der Waals surface area contributed by atoms with Gasteiger partial charge in [-0.1, -0.05) is 13.0 Å². The first-order valence-corrected chi connectivity index (χ1v) is 8.78. The van der Waals surface area contributed by atoms with Crippen molar-refractivity contribution in [2.75, 3.05) is 13.2 Å². The van der Waals surface area contributed by atoms with E-state index in [9.17, 15) is 4.79 Å². The molecule has 0 saturated carbocycles. The number of carbonyl (C=O) groups is 1. The smallest absolute Gasteiger partial charge is 0.410 e. The van der Waals surface area contributed by atoms with Crippen LogP contribution in [-0.4, -0.2) is 29.7 Å². The van der Waals surface area contributed by atoms with Crippen molar-refractivity contribution in [3.8, 4) is 5.75 Å². The third-order valence-electron chi connectivity index (χ3n) is 4.21. The van der Waals surface area contributed by atoms with Crippen LogP contribution in [0.3, 0.4) is 0 Å². The average molecular weight is 334 g/mol. The van der Waals surface area contributed by atoms with Crippen molar-refractivity contribution in [3.63, 3.8) is 0 Å². The van der Waals surface area contributed by atoms with Gasteiger partial charge >= 0.3 is 6.09 Å². The van der Waals surface area contributed by atoms with Crippen molar-refractivity contribution < 1.29 is 14.3 Å². The molecule has 1 amide bonds. The van der Waals surface area contributed by atoms with E-state index in [1.807, 2.05) is 32.6 Å². The van der Waals surface area contributed by atoms with Crippen molar-refractivity contribution in [2.45, 2.75) is 65.6 Å². The highest BCUT2D eigenvalue weighted by Gasteiger charge is 2.33. The lowest BCUT2D eigenvalue weighted by Gasteiger charge is -2.38. The molecule has 0 bridgehead atoms. The summed E-state index contributed by atoms with van der Waals surface area (Å²) in [4.78, 5) is 14.4. The molecule has 1 heterocycles. The van der Waals surface area contributed by atoms with E-state index in [1.54, 1.807) is 0 Å². The zero-order chi connectivity index (χ0) is 17.9. The molecule has 5 heteroatoms. The van der Waals surface area contributed by atoms with E-state index >= 15 is 0 Å². The fourth-order valence-electron chi connectivity index (χ4n) is 3.21. The average Bonchev–Trinajstić information content (AvgIpc) is 2.51. The van der Waals surface area contributed by atoms with E-state index in [2.05, 4.69) is 19.1 Å². The molecule has 0 aliphatic carbocycles. The largest absolute Gasteiger partial charge is 0.494 e. The number of nitrogens with two attached hydrogens (primary N) is 1. The van der Waals surface area contributed by atoms with Crippen LogP contribution in [0.25, 0.3) is 0 Å². The maximum atomic E-state index is 12.6. The summed E-state index contributed by atoms with van der Waals surface area (Å²) in [5.74, 6) is 0.822. The monoisotopic (exact) mass is 334 g/mol. The summed E-state index contributed by atoms with van der Waals surface area (Å²) in [5.41, 5.74) is 8.80. The molecule has 5 nitrogen and oxygen atoms in total. The zero-order valence-electron chi connectivity index (χ0n) is 15.5. The minimum Gasteiger partial charge on any atom is -0.494 e. The molecule has 134 valence electrons. The third-order valence-corrected chi connectivity index (χ3v) is 4.21. The Morgan fingerprint density at radius 1 is 1.33 bits per heavy atom. The van der Waals surface area contributed by atoms with Crippen LogP contribution in [0.2, 0.25) is 0 Å². The Hall–Kier alpha value is -1.75. The number of rotatable bonds is 4. The highest BCUT2D eigenvalue weighted by molar-refractivity contribution is 5.69. The number of fused-ring (bicyclic) bond motifs is 1. The van der Waals surface area contributed by atoms with Gasteiger partial charge in [-0.05, 0) is 57.7 Å². The first-order valence-electron chi connectivity index (χ1n) is 8.78. The van der Waals surface area contributed by atoms with E-state index in [1.165, 1.54) is 5.56 Å². The molecule has 1 aliphatic rings. The molecule has 24 heavy (non-hydrogen) atoms. The fraction of sp³-hybridized carbons (Fsp3) is 0.632. The predicted molar refractivity (Wildman–Crippen MR) is 95.2 cm³/mol. The first kappa shape index (κ1) is 18.6. The van der Waals surface area contributed by atoms with Gasteiger partial charge in [0.2, 0.25) is 0 Å². The molecule has 0 aromatic heterocycles. The molecule has 2 N–H and O–H groups in total. The van der Waals surface area contributed by atoms with Gasteiger partial charge < -0.3 is 20.1 Å². The molecule has 1 aromatic carbocycles. The van der Waals surface area contributed by atoms with Gasteiger partial charge in [-0.15, -0.1) is 0 Å². The van der Waals surface area contributed by atoms with Crippen LogP contribution in [0.15, 0.2) is 12.1 Å². The second-order valence-corrected chi connectivity index (χ2v) is 7.14. The van der Waals surface area contributed by atoms with E-state index in [0.717, 1.165) is 29.7 Å².